The fourth-order valence-electron chi connectivity index (χ4n) is 5.01. The molecule has 0 bridgehead atoms. The highest BCUT2D eigenvalue weighted by Gasteiger charge is 2.37. The molecule has 19 heteroatoms. The van der Waals surface area contributed by atoms with Crippen LogP contribution in [0.1, 0.15) is 44.7 Å². The van der Waals surface area contributed by atoms with Gasteiger partial charge in [-0.15, -0.1) is 0 Å². The highest BCUT2D eigenvalue weighted by Crippen LogP contribution is 2.36. The van der Waals surface area contributed by atoms with Gasteiger partial charge in [0.2, 0.25) is 5.95 Å². The normalized spacial score (nSPS) is 17.3. The Bertz CT molecular complexity index is 1640. The number of rotatable bonds is 9. The summed E-state index contributed by atoms with van der Waals surface area (Å²) < 4.78 is 96.0. The van der Waals surface area contributed by atoms with Gasteiger partial charge in [-0.05, 0) is 31.7 Å². The lowest BCUT2D eigenvalue weighted by Gasteiger charge is -2.36. The predicted octanol–water partition coefficient (Wildman–Crippen LogP) is 5.54. The van der Waals surface area contributed by atoms with Gasteiger partial charge in [0.25, 0.3) is 5.92 Å². The lowest BCUT2D eigenvalue weighted by atomic mass is 9.90. The molecule has 4 heterocycles. The average Bonchev–Trinajstić information content (AvgIpc) is 3.67. The number of nitrogens with zero attached hydrogens (tertiary/aromatic N) is 9. The molecule has 2 amide bonds. The molecule has 0 aromatic carbocycles. The molecule has 1 aliphatic rings. The second kappa shape index (κ2) is 12.9. The zero-order chi connectivity index (χ0) is 33.2. The fraction of sp³-hybridized carbons (Fsp3) is 0.444. The number of aryl methyl sites for hydroxylation is 1. The number of amides is 2. The smallest absolute Gasteiger partial charge is 0.351 e. The van der Waals surface area contributed by atoms with E-state index in [0.717, 1.165) is 12.3 Å². The summed E-state index contributed by atoms with van der Waals surface area (Å²) in [5.41, 5.74) is -1.14. The van der Waals surface area contributed by atoms with Gasteiger partial charge in [0, 0.05) is 50.2 Å². The Kier molecular flexibility index (Phi) is 9.11. The van der Waals surface area contributed by atoms with Crippen LogP contribution in [0.4, 0.5) is 47.3 Å². The van der Waals surface area contributed by atoms with Gasteiger partial charge in [-0.1, -0.05) is 0 Å². The van der Waals surface area contributed by atoms with Crippen LogP contribution in [0.3, 0.4) is 0 Å². The van der Waals surface area contributed by atoms with Crippen molar-refractivity contribution in [2.75, 3.05) is 16.8 Å². The Hall–Kier alpha value is -4.84. The summed E-state index contributed by atoms with van der Waals surface area (Å²) in [4.78, 5) is 30.9. The number of aromatic nitrogens is 8. The van der Waals surface area contributed by atoms with Crippen LogP contribution < -0.4 is 15.5 Å². The number of urea groups is 1. The van der Waals surface area contributed by atoms with E-state index < -0.39 is 54.2 Å². The molecule has 4 aromatic heterocycles. The molecular formula is C27H28F7N11O. The molecule has 0 unspecified atom stereocenters. The number of hydrogen-bond donors (Lipinski definition) is 2. The summed E-state index contributed by atoms with van der Waals surface area (Å²) in [5.74, 6) is -3.19. The first kappa shape index (κ1) is 32.6. The molecule has 46 heavy (non-hydrogen) atoms. The van der Waals surface area contributed by atoms with Gasteiger partial charge in [0.15, 0.2) is 5.82 Å². The molecule has 0 atom stereocenters. The highest BCUT2D eigenvalue weighted by atomic mass is 19.4. The third-order valence-corrected chi connectivity index (χ3v) is 7.19. The van der Waals surface area contributed by atoms with E-state index in [1.165, 1.54) is 17.3 Å². The van der Waals surface area contributed by atoms with E-state index in [2.05, 4.69) is 40.8 Å². The van der Waals surface area contributed by atoms with Crippen LogP contribution in [0.5, 0.6) is 0 Å². The monoisotopic (exact) mass is 655 g/mol. The van der Waals surface area contributed by atoms with Crippen LogP contribution in [0.25, 0.3) is 22.6 Å². The molecule has 2 N–H and O–H groups in total. The zero-order valence-corrected chi connectivity index (χ0v) is 24.4. The molecule has 12 nitrogen and oxygen atoms in total. The fourth-order valence-corrected chi connectivity index (χ4v) is 5.01. The van der Waals surface area contributed by atoms with Crippen molar-refractivity contribution >= 4 is 17.8 Å². The van der Waals surface area contributed by atoms with E-state index in [0.29, 0.717) is 50.1 Å². The topological polar surface area (TPSA) is 132 Å². The maximum Gasteiger partial charge on any atom is 0.420 e. The van der Waals surface area contributed by atoms with Gasteiger partial charge in [-0.25, -0.2) is 33.2 Å². The van der Waals surface area contributed by atoms with E-state index in [4.69, 9.17) is 0 Å². The van der Waals surface area contributed by atoms with Gasteiger partial charge in [-0.2, -0.15) is 32.1 Å². The van der Waals surface area contributed by atoms with E-state index in [-0.39, 0.29) is 22.5 Å². The molecule has 5 rings (SSSR count). The molecule has 0 aliphatic heterocycles. The Morgan fingerprint density at radius 1 is 1.02 bits per heavy atom. The van der Waals surface area contributed by atoms with E-state index in [9.17, 15) is 35.5 Å². The maximum atomic E-state index is 13.7. The third-order valence-electron chi connectivity index (χ3n) is 7.19. The van der Waals surface area contributed by atoms with Crippen molar-refractivity contribution < 1.29 is 35.5 Å². The van der Waals surface area contributed by atoms with Gasteiger partial charge in [-0.3, -0.25) is 14.6 Å². The van der Waals surface area contributed by atoms with Crippen molar-refractivity contribution in [2.24, 2.45) is 7.05 Å². The summed E-state index contributed by atoms with van der Waals surface area (Å²) in [7, 11) is 1.74. The molecule has 246 valence electrons. The summed E-state index contributed by atoms with van der Waals surface area (Å²) >= 11 is 0. The molecule has 1 fully saturated rings. The highest BCUT2D eigenvalue weighted by molar-refractivity contribution is 5.91. The first-order chi connectivity index (χ1) is 21.7. The molecule has 0 radical (unpaired) electrons. The van der Waals surface area contributed by atoms with Crippen LogP contribution in [0.2, 0.25) is 0 Å². The van der Waals surface area contributed by atoms with Crippen molar-refractivity contribution in [3.8, 4) is 22.6 Å². The lowest BCUT2D eigenvalue weighted by Crippen LogP contribution is -2.51. The molecule has 1 saturated carbocycles. The number of hydrogen-bond acceptors (Lipinski definition) is 8. The Balaban J connectivity index is 1.32. The van der Waals surface area contributed by atoms with E-state index in [1.807, 2.05) is 0 Å². The minimum Gasteiger partial charge on any atom is -0.351 e. The Labute approximate surface area is 257 Å². The minimum atomic E-state index is -4.87. The van der Waals surface area contributed by atoms with Crippen LogP contribution >= 0.6 is 0 Å². The van der Waals surface area contributed by atoms with Gasteiger partial charge in [0.1, 0.15) is 17.0 Å². The number of alkyl halides is 7. The van der Waals surface area contributed by atoms with Crippen LogP contribution in [0, 0.1) is 0 Å². The minimum absolute atomic E-state index is 0.139. The van der Waals surface area contributed by atoms with Crippen molar-refractivity contribution in [3.05, 3.63) is 48.8 Å². The zero-order valence-electron chi connectivity index (χ0n) is 24.4. The van der Waals surface area contributed by atoms with Gasteiger partial charge in [0.05, 0.1) is 30.8 Å². The largest absolute Gasteiger partial charge is 0.420 e. The van der Waals surface area contributed by atoms with Crippen molar-refractivity contribution in [1.29, 1.82) is 0 Å². The van der Waals surface area contributed by atoms with Crippen molar-refractivity contribution in [1.82, 2.24) is 44.8 Å². The van der Waals surface area contributed by atoms with Crippen molar-refractivity contribution in [3.63, 3.8) is 0 Å². The standard InChI is InChI=1S/C27H28F7N11O/c1-26(30,31)14-38-25(46)45(21-12-35-20(11-36-21)15-9-39-43(2)13-15)17-5-3-16(4-6-17)40-24-37-10-18(27(32,33)34)22(41-24)19-7-8-44(42-19)23(28)29/h7-13,16-17,23H,3-6,14H2,1-2H3,(H,38,46)(H,37,40,41). The quantitative estimate of drug-likeness (QED) is 0.225. The van der Waals surface area contributed by atoms with Crippen molar-refractivity contribution in [2.45, 2.75) is 63.3 Å². The number of carbonyl (C=O) groups excluding carboxylic acids is 1. The Morgan fingerprint density at radius 3 is 2.33 bits per heavy atom. The number of carbonyl (C=O) groups is 1. The first-order valence-electron chi connectivity index (χ1n) is 14.0. The molecular weight excluding hydrogens is 627 g/mol. The van der Waals surface area contributed by atoms with Crippen LogP contribution in [0.15, 0.2) is 43.2 Å². The van der Waals surface area contributed by atoms with Crippen LogP contribution in [-0.2, 0) is 13.2 Å². The SMILES string of the molecule is Cn1cc(-c2cnc(N(C(=O)NCC(C)(F)F)C3CCC(Nc4ncc(C(F)(F)F)c(-c5ccn(C(F)F)n5)n4)CC3)cn2)cn1. The Morgan fingerprint density at radius 2 is 1.76 bits per heavy atom. The second-order valence-electron chi connectivity index (χ2n) is 10.8. The van der Waals surface area contributed by atoms with Gasteiger partial charge < -0.3 is 10.6 Å². The van der Waals surface area contributed by atoms with E-state index in [1.54, 1.807) is 24.1 Å². The van der Waals surface area contributed by atoms with Crippen LogP contribution in [-0.4, -0.2) is 70.1 Å². The molecule has 0 saturated heterocycles. The molecule has 0 spiro atoms. The van der Waals surface area contributed by atoms with E-state index >= 15 is 0 Å². The third kappa shape index (κ3) is 7.68. The molecule has 4 aromatic rings. The maximum absolute atomic E-state index is 13.7. The summed E-state index contributed by atoms with van der Waals surface area (Å²) in [5, 5.41) is 12.8. The second-order valence-corrected chi connectivity index (χ2v) is 10.8. The number of nitrogens with one attached hydrogen (secondary N) is 2. The number of halogens is 7. The average molecular weight is 656 g/mol. The summed E-state index contributed by atoms with van der Waals surface area (Å²) in [6, 6.07) is -0.619. The summed E-state index contributed by atoms with van der Waals surface area (Å²) in [6.07, 6.45) is 4.14. The number of anilines is 2. The molecule has 1 aliphatic carbocycles. The lowest BCUT2D eigenvalue weighted by molar-refractivity contribution is -0.137. The first-order valence-corrected chi connectivity index (χ1v) is 14.0. The van der Waals surface area contributed by atoms with Gasteiger partial charge >= 0.3 is 18.8 Å². The predicted molar refractivity (Wildman–Crippen MR) is 150 cm³/mol. The summed E-state index contributed by atoms with van der Waals surface area (Å²) in [6.45, 7) is -3.28.